The Bertz CT molecular complexity index is 631. The standard InChI is InChI=1S/C16H20N4O2.2ClH/c17-15(12-4-8-22-9-5-12)16(21)19-13-2-1-3-14(10-13)20-7-6-18-11-20;;/h1-3,6-7,10-12,15H,4-5,8-9,17H2,(H,19,21);2*1H. The van der Waals surface area contributed by atoms with E-state index in [0.29, 0.717) is 13.2 Å². The predicted molar refractivity (Wildman–Crippen MR) is 98.2 cm³/mol. The number of aromatic nitrogens is 2. The smallest absolute Gasteiger partial charge is 0.241 e. The fourth-order valence-electron chi connectivity index (χ4n) is 2.67. The zero-order valence-electron chi connectivity index (χ0n) is 13.1. The summed E-state index contributed by atoms with van der Waals surface area (Å²) in [5.74, 6) is 0.0419. The molecular weight excluding hydrogens is 351 g/mol. The van der Waals surface area contributed by atoms with Crippen molar-refractivity contribution in [3.8, 4) is 5.69 Å². The second kappa shape index (κ2) is 9.64. The summed E-state index contributed by atoms with van der Waals surface area (Å²) in [5, 5.41) is 2.90. The summed E-state index contributed by atoms with van der Waals surface area (Å²) in [6, 6.07) is 7.10. The number of anilines is 1. The van der Waals surface area contributed by atoms with Crippen LogP contribution in [0.25, 0.3) is 5.69 Å². The van der Waals surface area contributed by atoms with Crippen LogP contribution in [0.2, 0.25) is 0 Å². The Morgan fingerprint density at radius 1 is 1.33 bits per heavy atom. The zero-order valence-corrected chi connectivity index (χ0v) is 14.8. The molecule has 1 fully saturated rings. The van der Waals surface area contributed by atoms with Gasteiger partial charge < -0.3 is 20.4 Å². The third-order valence-electron chi connectivity index (χ3n) is 3.99. The maximum Gasteiger partial charge on any atom is 0.241 e. The number of hydrogen-bond acceptors (Lipinski definition) is 4. The molecule has 1 saturated heterocycles. The molecule has 1 aliphatic heterocycles. The van der Waals surface area contributed by atoms with Gasteiger partial charge in [0.05, 0.1) is 12.4 Å². The number of nitrogens with zero attached hydrogens (tertiary/aromatic N) is 2. The van der Waals surface area contributed by atoms with Crippen LogP contribution >= 0.6 is 24.8 Å². The third kappa shape index (κ3) is 4.95. The fraction of sp³-hybridized carbons (Fsp3) is 0.375. The molecule has 1 atom stereocenters. The number of halogens is 2. The quantitative estimate of drug-likeness (QED) is 0.862. The van der Waals surface area contributed by atoms with E-state index in [4.69, 9.17) is 10.5 Å². The average Bonchev–Trinajstić information content (AvgIpc) is 3.10. The molecule has 0 spiro atoms. The maximum atomic E-state index is 12.3. The van der Waals surface area contributed by atoms with Gasteiger partial charge in [-0.1, -0.05) is 6.07 Å². The highest BCUT2D eigenvalue weighted by molar-refractivity contribution is 5.95. The lowest BCUT2D eigenvalue weighted by atomic mass is 9.92. The van der Waals surface area contributed by atoms with Crippen LogP contribution < -0.4 is 11.1 Å². The van der Waals surface area contributed by atoms with Crippen molar-refractivity contribution in [1.82, 2.24) is 9.55 Å². The largest absolute Gasteiger partial charge is 0.381 e. The van der Waals surface area contributed by atoms with Crippen molar-refractivity contribution in [2.75, 3.05) is 18.5 Å². The van der Waals surface area contributed by atoms with Gasteiger partial charge in [0, 0.05) is 37.0 Å². The fourth-order valence-corrected chi connectivity index (χ4v) is 2.67. The van der Waals surface area contributed by atoms with E-state index >= 15 is 0 Å². The van der Waals surface area contributed by atoms with E-state index in [1.165, 1.54) is 0 Å². The van der Waals surface area contributed by atoms with Gasteiger partial charge in [-0.25, -0.2) is 4.98 Å². The van der Waals surface area contributed by atoms with Crippen LogP contribution in [-0.2, 0) is 9.53 Å². The van der Waals surface area contributed by atoms with Crippen molar-refractivity contribution < 1.29 is 9.53 Å². The molecule has 132 valence electrons. The van der Waals surface area contributed by atoms with Crippen LogP contribution in [0.15, 0.2) is 43.0 Å². The van der Waals surface area contributed by atoms with Crippen molar-refractivity contribution in [2.24, 2.45) is 11.7 Å². The van der Waals surface area contributed by atoms with E-state index in [2.05, 4.69) is 10.3 Å². The highest BCUT2D eigenvalue weighted by atomic mass is 35.5. The first-order valence-electron chi connectivity index (χ1n) is 7.46. The number of carbonyl (C=O) groups is 1. The molecule has 1 amide bonds. The van der Waals surface area contributed by atoms with Crippen molar-refractivity contribution >= 4 is 36.4 Å². The summed E-state index contributed by atoms with van der Waals surface area (Å²) in [5.41, 5.74) is 7.76. The van der Waals surface area contributed by atoms with Crippen molar-refractivity contribution in [3.05, 3.63) is 43.0 Å². The van der Waals surface area contributed by atoms with Crippen LogP contribution in [0.3, 0.4) is 0 Å². The number of benzene rings is 1. The van der Waals surface area contributed by atoms with E-state index < -0.39 is 6.04 Å². The minimum absolute atomic E-state index is 0. The molecule has 1 aromatic heterocycles. The van der Waals surface area contributed by atoms with E-state index in [1.807, 2.05) is 35.0 Å². The zero-order chi connectivity index (χ0) is 15.4. The summed E-state index contributed by atoms with van der Waals surface area (Å²) in [6.45, 7) is 1.36. The molecule has 24 heavy (non-hydrogen) atoms. The summed E-state index contributed by atoms with van der Waals surface area (Å²) >= 11 is 0. The van der Waals surface area contributed by atoms with Gasteiger partial charge in [-0.15, -0.1) is 24.8 Å². The number of hydrogen-bond donors (Lipinski definition) is 2. The SMILES string of the molecule is Cl.Cl.NC(C(=O)Nc1cccc(-n2ccnc2)c1)C1CCOCC1. The number of nitrogens with two attached hydrogens (primary N) is 1. The van der Waals surface area contributed by atoms with E-state index in [0.717, 1.165) is 24.2 Å². The summed E-state index contributed by atoms with van der Waals surface area (Å²) < 4.78 is 7.19. The highest BCUT2D eigenvalue weighted by Gasteiger charge is 2.26. The Morgan fingerprint density at radius 3 is 2.75 bits per heavy atom. The lowest BCUT2D eigenvalue weighted by Crippen LogP contribution is -2.44. The van der Waals surface area contributed by atoms with E-state index in [-0.39, 0.29) is 36.6 Å². The minimum Gasteiger partial charge on any atom is -0.381 e. The third-order valence-corrected chi connectivity index (χ3v) is 3.99. The van der Waals surface area contributed by atoms with Gasteiger partial charge in [0.25, 0.3) is 0 Å². The van der Waals surface area contributed by atoms with Gasteiger partial charge in [0.1, 0.15) is 0 Å². The molecule has 1 unspecified atom stereocenters. The molecule has 0 radical (unpaired) electrons. The minimum atomic E-state index is -0.499. The molecule has 0 aliphatic carbocycles. The number of amides is 1. The molecule has 2 heterocycles. The van der Waals surface area contributed by atoms with Crippen LogP contribution in [0.4, 0.5) is 5.69 Å². The number of imidazole rings is 1. The summed E-state index contributed by atoms with van der Waals surface area (Å²) in [4.78, 5) is 16.3. The monoisotopic (exact) mass is 372 g/mol. The van der Waals surface area contributed by atoms with E-state index in [1.54, 1.807) is 12.5 Å². The Labute approximate surface area is 153 Å². The Kier molecular flexibility index (Phi) is 8.21. The number of rotatable bonds is 4. The molecule has 6 nitrogen and oxygen atoms in total. The van der Waals surface area contributed by atoms with Crippen molar-refractivity contribution in [3.63, 3.8) is 0 Å². The molecule has 8 heteroatoms. The Hall–Kier alpha value is -1.60. The molecule has 1 aliphatic rings. The molecule has 1 aromatic carbocycles. The van der Waals surface area contributed by atoms with Gasteiger partial charge in [-0.3, -0.25) is 4.79 Å². The van der Waals surface area contributed by atoms with Gasteiger partial charge in [-0.2, -0.15) is 0 Å². The van der Waals surface area contributed by atoms with Gasteiger partial charge in [-0.05, 0) is 37.0 Å². The van der Waals surface area contributed by atoms with Crippen LogP contribution in [0.1, 0.15) is 12.8 Å². The number of nitrogens with one attached hydrogen (secondary N) is 1. The first-order chi connectivity index (χ1) is 10.7. The molecule has 0 saturated carbocycles. The Morgan fingerprint density at radius 2 is 2.08 bits per heavy atom. The lowest BCUT2D eigenvalue weighted by Gasteiger charge is -2.26. The summed E-state index contributed by atoms with van der Waals surface area (Å²) in [7, 11) is 0. The molecule has 2 aromatic rings. The maximum absolute atomic E-state index is 12.3. The second-order valence-corrected chi connectivity index (χ2v) is 5.49. The van der Waals surface area contributed by atoms with Crippen molar-refractivity contribution in [1.29, 1.82) is 0 Å². The normalized spacial score (nSPS) is 15.7. The average molecular weight is 373 g/mol. The lowest BCUT2D eigenvalue weighted by molar-refractivity contribution is -0.119. The van der Waals surface area contributed by atoms with Crippen LogP contribution in [0.5, 0.6) is 0 Å². The number of carbonyl (C=O) groups excluding carboxylic acids is 1. The van der Waals surface area contributed by atoms with Gasteiger partial charge in [0.15, 0.2) is 0 Å². The summed E-state index contributed by atoms with van der Waals surface area (Å²) in [6.07, 6.45) is 6.96. The molecule has 3 N–H and O–H groups in total. The van der Waals surface area contributed by atoms with Crippen LogP contribution in [0, 0.1) is 5.92 Å². The number of ether oxygens (including phenoxy) is 1. The van der Waals surface area contributed by atoms with Crippen molar-refractivity contribution in [2.45, 2.75) is 18.9 Å². The Balaban J connectivity index is 0.00000144. The van der Waals surface area contributed by atoms with E-state index in [9.17, 15) is 4.79 Å². The highest BCUT2D eigenvalue weighted by Crippen LogP contribution is 2.20. The molecule has 0 bridgehead atoms. The second-order valence-electron chi connectivity index (χ2n) is 5.49. The molecule has 3 rings (SSSR count). The van der Waals surface area contributed by atoms with Gasteiger partial charge >= 0.3 is 0 Å². The van der Waals surface area contributed by atoms with Gasteiger partial charge in [0.2, 0.25) is 5.91 Å². The first kappa shape index (κ1) is 20.4. The topological polar surface area (TPSA) is 82.2 Å². The predicted octanol–water partition coefficient (Wildman–Crippen LogP) is 2.41. The molecular formula is C16H22Cl2N4O2. The first-order valence-corrected chi connectivity index (χ1v) is 7.46. The van der Waals surface area contributed by atoms with Crippen LogP contribution in [-0.4, -0.2) is 34.7 Å².